The number of nitrogens with zero attached hydrogens (tertiary/aromatic N) is 4. The molecule has 0 spiro atoms. The normalized spacial score (nSPS) is 19.7. The molecule has 0 atom stereocenters. The lowest BCUT2D eigenvalue weighted by atomic mass is 9.80. The molecule has 1 aromatic heterocycles. The van der Waals surface area contributed by atoms with E-state index in [1.807, 2.05) is 4.90 Å². The zero-order valence-corrected chi connectivity index (χ0v) is 18.4. The van der Waals surface area contributed by atoms with Crippen LogP contribution in [-0.2, 0) is 0 Å². The number of halogens is 1. The van der Waals surface area contributed by atoms with Crippen LogP contribution in [0, 0.1) is 35.4 Å². The summed E-state index contributed by atoms with van der Waals surface area (Å²) in [5.41, 5.74) is 0.793. The number of rotatable bonds is 8. The average molecular weight is 441 g/mol. The number of nitriles is 1. The lowest BCUT2D eigenvalue weighted by molar-refractivity contribution is 0.231. The zero-order valence-electron chi connectivity index (χ0n) is 18.4. The average Bonchev–Trinajstić information content (AvgIpc) is 3.65. The van der Waals surface area contributed by atoms with Gasteiger partial charge in [-0.1, -0.05) is 0 Å². The highest BCUT2D eigenvalue weighted by molar-refractivity contribution is 5.87. The van der Waals surface area contributed by atoms with Gasteiger partial charge < -0.3 is 16.1 Å². The number of aromatic nitrogens is 2. The number of fused-ring (bicyclic) bond motifs is 1. The summed E-state index contributed by atoms with van der Waals surface area (Å²) in [7, 11) is 0. The summed E-state index contributed by atoms with van der Waals surface area (Å²) in [6, 6.07) is 3.41. The second-order valence-electron chi connectivity index (χ2n) is 9.66. The summed E-state index contributed by atoms with van der Waals surface area (Å²) in [4.78, 5) is 27.4. The van der Waals surface area contributed by atoms with Crippen molar-refractivity contribution in [3.8, 4) is 6.07 Å². The highest BCUT2D eigenvalue weighted by Crippen LogP contribution is 2.58. The van der Waals surface area contributed by atoms with Gasteiger partial charge in [0.2, 0.25) is 0 Å². The van der Waals surface area contributed by atoms with E-state index in [2.05, 4.69) is 11.4 Å². The Kier molecular flexibility index (Phi) is 5.01. The molecule has 0 bridgehead atoms. The number of nitrogens with one attached hydrogen (secondary N) is 1. The molecule has 1 saturated heterocycles. The minimum Gasteiger partial charge on any atom is -0.368 e. The monoisotopic (exact) mass is 440 g/mol. The third-order valence-electron chi connectivity index (χ3n) is 7.65. The van der Waals surface area contributed by atoms with Crippen LogP contribution in [0.5, 0.6) is 0 Å². The Labute approximate surface area is 185 Å². The first-order valence-electron chi connectivity index (χ1n) is 11.5. The van der Waals surface area contributed by atoms with Gasteiger partial charge in [-0.05, 0) is 63.0 Å². The summed E-state index contributed by atoms with van der Waals surface area (Å²) in [5.74, 6) is 5.78. The number of aryl methyl sites for hydroxylation is 1. The van der Waals surface area contributed by atoms with Gasteiger partial charge >= 0.3 is 5.69 Å². The van der Waals surface area contributed by atoms with Crippen LogP contribution in [-0.4, -0.2) is 35.4 Å². The maximum atomic E-state index is 15.2. The van der Waals surface area contributed by atoms with Gasteiger partial charge in [0, 0.05) is 37.7 Å². The zero-order chi connectivity index (χ0) is 22.6. The van der Waals surface area contributed by atoms with Crippen molar-refractivity contribution < 1.29 is 4.39 Å². The van der Waals surface area contributed by atoms with Crippen LogP contribution in [0.25, 0.3) is 10.9 Å². The minimum absolute atomic E-state index is 0.0183. The molecule has 2 aliphatic carbocycles. The predicted octanol–water partition coefficient (Wildman–Crippen LogP) is 1.77. The van der Waals surface area contributed by atoms with Crippen LogP contribution in [0.2, 0.25) is 0 Å². The quantitative estimate of drug-likeness (QED) is 0.478. The third-order valence-corrected chi connectivity index (χ3v) is 7.65. The number of nitrogens with two attached hydrogens (primary N) is 1. The highest BCUT2D eigenvalue weighted by Gasteiger charge is 2.53. The van der Waals surface area contributed by atoms with Crippen LogP contribution < -0.4 is 27.3 Å². The van der Waals surface area contributed by atoms with Gasteiger partial charge in [0.25, 0.3) is 5.56 Å². The highest BCUT2D eigenvalue weighted by atomic mass is 19.1. The molecule has 32 heavy (non-hydrogen) atoms. The molecule has 2 saturated carbocycles. The third kappa shape index (κ3) is 3.28. The number of anilines is 1. The smallest absolute Gasteiger partial charge is 0.350 e. The van der Waals surface area contributed by atoms with E-state index in [0.29, 0.717) is 39.2 Å². The van der Waals surface area contributed by atoms with E-state index in [9.17, 15) is 9.59 Å². The lowest BCUT2D eigenvalue weighted by Gasteiger charge is -2.46. The van der Waals surface area contributed by atoms with E-state index in [-0.39, 0.29) is 11.4 Å². The number of nitrogen functional groups attached to an aromatic ring is 1. The fraction of sp³-hybridized carbons (Fsp3) is 0.609. The van der Waals surface area contributed by atoms with Crippen molar-refractivity contribution in [3.63, 3.8) is 0 Å². The van der Waals surface area contributed by atoms with Crippen molar-refractivity contribution in [2.75, 3.05) is 36.9 Å². The van der Waals surface area contributed by atoms with E-state index >= 15 is 4.39 Å². The van der Waals surface area contributed by atoms with Gasteiger partial charge in [-0.15, -0.1) is 0 Å². The predicted molar refractivity (Wildman–Crippen MR) is 121 cm³/mol. The van der Waals surface area contributed by atoms with Crippen LogP contribution >= 0.6 is 0 Å². The summed E-state index contributed by atoms with van der Waals surface area (Å²) < 4.78 is 17.4. The minimum atomic E-state index is -0.655. The molecule has 170 valence electrons. The maximum Gasteiger partial charge on any atom is 0.350 e. The number of hydrogen-bond donors (Lipinski definition) is 2. The van der Waals surface area contributed by atoms with Gasteiger partial charge in [0.05, 0.1) is 22.7 Å². The van der Waals surface area contributed by atoms with Crippen LogP contribution in [0.15, 0.2) is 15.7 Å². The Bertz CT molecular complexity index is 1230. The lowest BCUT2D eigenvalue weighted by Crippen LogP contribution is -2.52. The van der Waals surface area contributed by atoms with Crippen molar-refractivity contribution in [3.05, 3.63) is 38.3 Å². The summed E-state index contributed by atoms with van der Waals surface area (Å²) >= 11 is 0. The first-order chi connectivity index (χ1) is 15.4. The molecule has 1 aromatic carbocycles. The van der Waals surface area contributed by atoms with Crippen molar-refractivity contribution in [1.29, 1.82) is 5.26 Å². The van der Waals surface area contributed by atoms with Crippen LogP contribution in [0.1, 0.15) is 50.1 Å². The molecule has 2 aromatic rings. The Morgan fingerprint density at radius 3 is 2.62 bits per heavy atom. The van der Waals surface area contributed by atoms with E-state index in [1.165, 1.54) is 18.9 Å². The molecule has 3 aliphatic rings. The Morgan fingerprint density at radius 1 is 1.28 bits per heavy atom. The maximum absolute atomic E-state index is 15.2. The van der Waals surface area contributed by atoms with E-state index in [1.54, 1.807) is 11.5 Å². The molecule has 5 rings (SSSR count). The Hall–Kier alpha value is -2.86. The molecular formula is C23H29FN6O2. The van der Waals surface area contributed by atoms with Gasteiger partial charge in [0.1, 0.15) is 5.82 Å². The van der Waals surface area contributed by atoms with Gasteiger partial charge in [-0.2, -0.15) is 9.94 Å². The number of hydrogen-bond acceptors (Lipinski definition) is 6. The van der Waals surface area contributed by atoms with Crippen molar-refractivity contribution in [2.24, 2.45) is 11.3 Å². The molecule has 0 radical (unpaired) electrons. The second-order valence-corrected chi connectivity index (χ2v) is 9.66. The van der Waals surface area contributed by atoms with E-state index in [4.69, 9.17) is 11.1 Å². The van der Waals surface area contributed by atoms with E-state index in [0.717, 1.165) is 45.4 Å². The molecule has 0 amide bonds. The topological polar surface area (TPSA) is 109 Å². The van der Waals surface area contributed by atoms with E-state index < -0.39 is 17.1 Å². The second kappa shape index (κ2) is 7.62. The van der Waals surface area contributed by atoms with Crippen LogP contribution in [0.4, 0.5) is 10.1 Å². The first kappa shape index (κ1) is 21.0. The molecule has 3 N–H and O–H groups in total. The fourth-order valence-corrected chi connectivity index (χ4v) is 5.40. The molecule has 2 heterocycles. The fourth-order valence-electron chi connectivity index (χ4n) is 5.40. The number of benzene rings is 1. The summed E-state index contributed by atoms with van der Waals surface area (Å²) in [6.45, 7) is 4.99. The van der Waals surface area contributed by atoms with Crippen molar-refractivity contribution >= 4 is 16.6 Å². The van der Waals surface area contributed by atoms with Gasteiger partial charge in [-0.3, -0.25) is 9.36 Å². The standard InChI is InChI=1S/C23H29FN6O2/c1-14-19-17(21(31)30(26)22(32)29(19)16-3-4-16)11-18(24)20(14)28-12-15(13-28)23(5-6-23)7-10-27-9-2-8-25/h11,15-16,27H,2-7,9-10,12-13,26H2,1H3. The van der Waals surface area contributed by atoms with Gasteiger partial charge in [-0.25, -0.2) is 9.18 Å². The largest absolute Gasteiger partial charge is 0.368 e. The molecule has 8 nitrogen and oxygen atoms in total. The summed E-state index contributed by atoms with van der Waals surface area (Å²) in [5, 5.41) is 12.1. The molecule has 1 aliphatic heterocycles. The summed E-state index contributed by atoms with van der Waals surface area (Å²) in [6.07, 6.45) is 5.70. The molecule has 0 unspecified atom stereocenters. The molecule has 9 heteroatoms. The van der Waals surface area contributed by atoms with Crippen molar-refractivity contribution in [2.45, 2.75) is 51.5 Å². The van der Waals surface area contributed by atoms with Gasteiger partial charge in [0.15, 0.2) is 0 Å². The SMILES string of the molecule is Cc1c(N2CC(C3(CCNCCC#N)CC3)C2)c(F)cc2c(=O)n(N)c(=O)n(C3CC3)c12. The van der Waals surface area contributed by atoms with Crippen molar-refractivity contribution in [1.82, 2.24) is 14.6 Å². The Morgan fingerprint density at radius 2 is 2.00 bits per heavy atom. The molecular weight excluding hydrogens is 411 g/mol. The van der Waals surface area contributed by atoms with Crippen LogP contribution in [0.3, 0.4) is 0 Å². The molecule has 3 fully saturated rings. The Balaban J connectivity index is 1.40. The first-order valence-corrected chi connectivity index (χ1v) is 11.5.